The first-order chi connectivity index (χ1) is 7.00. The van der Waals surface area contributed by atoms with Crippen molar-refractivity contribution in [3.63, 3.8) is 0 Å². The first-order valence-electron chi connectivity index (χ1n) is 4.92. The van der Waals surface area contributed by atoms with Gasteiger partial charge in [-0.1, -0.05) is 12.1 Å². The molecule has 0 amide bonds. The number of ether oxygens (including phenoxy) is 1. The summed E-state index contributed by atoms with van der Waals surface area (Å²) in [6.07, 6.45) is 0. The maximum atomic E-state index is 10.9. The second-order valence-electron chi connectivity index (χ2n) is 3.87. The molecule has 0 spiro atoms. The standard InChI is InChI=1S/C12H17NO2/c1-9-11(8-13(3)4)6-5-7-12(9)15-10(2)14/h5-7H,8H2,1-4H3. The van der Waals surface area contributed by atoms with Crippen LogP contribution in [-0.2, 0) is 11.3 Å². The maximum Gasteiger partial charge on any atom is 0.308 e. The Hall–Kier alpha value is -1.35. The first kappa shape index (κ1) is 11.7. The zero-order valence-corrected chi connectivity index (χ0v) is 9.70. The summed E-state index contributed by atoms with van der Waals surface area (Å²) in [6, 6.07) is 5.77. The number of esters is 1. The van der Waals surface area contributed by atoms with Crippen LogP contribution in [0.2, 0.25) is 0 Å². The molecule has 1 aromatic carbocycles. The zero-order chi connectivity index (χ0) is 11.4. The molecule has 1 aromatic rings. The monoisotopic (exact) mass is 207 g/mol. The van der Waals surface area contributed by atoms with Crippen LogP contribution in [0.25, 0.3) is 0 Å². The normalized spacial score (nSPS) is 10.5. The lowest BCUT2D eigenvalue weighted by Crippen LogP contribution is -2.12. The Morgan fingerprint density at radius 2 is 2.07 bits per heavy atom. The second-order valence-corrected chi connectivity index (χ2v) is 3.87. The van der Waals surface area contributed by atoms with Gasteiger partial charge in [0, 0.05) is 13.5 Å². The number of hydrogen-bond acceptors (Lipinski definition) is 3. The molecular weight excluding hydrogens is 190 g/mol. The van der Waals surface area contributed by atoms with Gasteiger partial charge in [-0.15, -0.1) is 0 Å². The molecule has 0 radical (unpaired) electrons. The summed E-state index contributed by atoms with van der Waals surface area (Å²) in [5.41, 5.74) is 2.21. The summed E-state index contributed by atoms with van der Waals surface area (Å²) in [5, 5.41) is 0. The van der Waals surface area contributed by atoms with Gasteiger partial charge in [-0.05, 0) is 38.2 Å². The molecule has 0 saturated carbocycles. The van der Waals surface area contributed by atoms with Gasteiger partial charge in [0.25, 0.3) is 0 Å². The van der Waals surface area contributed by atoms with Gasteiger partial charge in [-0.3, -0.25) is 4.79 Å². The van der Waals surface area contributed by atoms with Gasteiger partial charge in [-0.25, -0.2) is 0 Å². The third-order valence-electron chi connectivity index (χ3n) is 2.14. The molecule has 0 unspecified atom stereocenters. The molecule has 0 aliphatic rings. The number of carbonyl (C=O) groups excluding carboxylic acids is 1. The highest BCUT2D eigenvalue weighted by Gasteiger charge is 2.07. The number of carbonyl (C=O) groups is 1. The van der Waals surface area contributed by atoms with Crippen LogP contribution in [0.4, 0.5) is 0 Å². The molecule has 3 nitrogen and oxygen atoms in total. The predicted molar refractivity (Wildman–Crippen MR) is 59.9 cm³/mol. The van der Waals surface area contributed by atoms with Crippen LogP contribution in [-0.4, -0.2) is 25.0 Å². The van der Waals surface area contributed by atoms with Crippen LogP contribution < -0.4 is 4.74 Å². The Labute approximate surface area is 90.7 Å². The summed E-state index contributed by atoms with van der Waals surface area (Å²) in [4.78, 5) is 12.9. The first-order valence-corrected chi connectivity index (χ1v) is 4.92. The Balaban J connectivity index is 2.95. The van der Waals surface area contributed by atoms with Crippen molar-refractivity contribution in [2.45, 2.75) is 20.4 Å². The molecule has 0 aliphatic heterocycles. The molecule has 0 aliphatic carbocycles. The summed E-state index contributed by atoms with van der Waals surface area (Å²) in [7, 11) is 4.02. The van der Waals surface area contributed by atoms with E-state index in [0.29, 0.717) is 5.75 Å². The van der Waals surface area contributed by atoms with Crippen molar-refractivity contribution >= 4 is 5.97 Å². The molecule has 0 bridgehead atoms. The van der Waals surface area contributed by atoms with Gasteiger partial charge in [0.1, 0.15) is 5.75 Å². The highest BCUT2D eigenvalue weighted by molar-refractivity contribution is 5.69. The van der Waals surface area contributed by atoms with Crippen molar-refractivity contribution < 1.29 is 9.53 Å². The van der Waals surface area contributed by atoms with Crippen molar-refractivity contribution in [3.05, 3.63) is 29.3 Å². The minimum absolute atomic E-state index is 0.278. The van der Waals surface area contributed by atoms with Crippen LogP contribution in [0.15, 0.2) is 18.2 Å². The third-order valence-corrected chi connectivity index (χ3v) is 2.14. The Bertz CT molecular complexity index is 359. The quantitative estimate of drug-likeness (QED) is 0.560. The SMILES string of the molecule is CC(=O)Oc1cccc(CN(C)C)c1C. The van der Waals surface area contributed by atoms with Crippen molar-refractivity contribution in [1.82, 2.24) is 4.90 Å². The average molecular weight is 207 g/mol. The Kier molecular flexibility index (Phi) is 3.86. The maximum absolute atomic E-state index is 10.9. The largest absolute Gasteiger partial charge is 0.426 e. The van der Waals surface area contributed by atoms with E-state index >= 15 is 0 Å². The topological polar surface area (TPSA) is 29.5 Å². The third kappa shape index (κ3) is 3.36. The van der Waals surface area contributed by atoms with Gasteiger partial charge >= 0.3 is 5.97 Å². The van der Waals surface area contributed by atoms with E-state index in [2.05, 4.69) is 4.90 Å². The van der Waals surface area contributed by atoms with E-state index in [1.807, 2.05) is 39.2 Å². The van der Waals surface area contributed by atoms with Crippen LogP contribution in [0, 0.1) is 6.92 Å². The predicted octanol–water partition coefficient (Wildman–Crippen LogP) is 1.98. The van der Waals surface area contributed by atoms with E-state index in [0.717, 1.165) is 12.1 Å². The lowest BCUT2D eigenvalue weighted by atomic mass is 10.1. The van der Waals surface area contributed by atoms with Crippen LogP contribution >= 0.6 is 0 Å². The fraction of sp³-hybridized carbons (Fsp3) is 0.417. The van der Waals surface area contributed by atoms with Crippen molar-refractivity contribution in [2.75, 3.05) is 14.1 Å². The summed E-state index contributed by atoms with van der Waals surface area (Å²) >= 11 is 0. The van der Waals surface area contributed by atoms with Gasteiger partial charge in [0.2, 0.25) is 0 Å². The van der Waals surface area contributed by atoms with Crippen molar-refractivity contribution in [3.8, 4) is 5.75 Å². The number of hydrogen-bond donors (Lipinski definition) is 0. The fourth-order valence-corrected chi connectivity index (χ4v) is 1.44. The number of rotatable bonds is 3. The molecule has 3 heteroatoms. The second kappa shape index (κ2) is 4.94. The molecule has 82 valence electrons. The molecule has 0 N–H and O–H groups in total. The molecule has 0 fully saturated rings. The lowest BCUT2D eigenvalue weighted by Gasteiger charge is -2.14. The zero-order valence-electron chi connectivity index (χ0n) is 9.70. The van der Waals surface area contributed by atoms with Crippen LogP contribution in [0.3, 0.4) is 0 Å². The Morgan fingerprint density at radius 1 is 1.40 bits per heavy atom. The van der Waals surface area contributed by atoms with Gasteiger partial charge in [0.05, 0.1) is 0 Å². The van der Waals surface area contributed by atoms with Crippen molar-refractivity contribution in [1.29, 1.82) is 0 Å². The summed E-state index contributed by atoms with van der Waals surface area (Å²) < 4.78 is 5.11. The summed E-state index contributed by atoms with van der Waals surface area (Å²) in [6.45, 7) is 4.23. The smallest absolute Gasteiger partial charge is 0.308 e. The Morgan fingerprint density at radius 3 is 2.60 bits per heavy atom. The van der Waals surface area contributed by atoms with E-state index in [1.165, 1.54) is 12.5 Å². The molecular formula is C12H17NO2. The highest BCUT2D eigenvalue weighted by Crippen LogP contribution is 2.22. The molecule has 0 atom stereocenters. The number of benzene rings is 1. The number of nitrogens with zero attached hydrogens (tertiary/aromatic N) is 1. The highest BCUT2D eigenvalue weighted by atomic mass is 16.5. The minimum Gasteiger partial charge on any atom is -0.426 e. The van der Waals surface area contributed by atoms with E-state index in [4.69, 9.17) is 4.74 Å². The van der Waals surface area contributed by atoms with Crippen LogP contribution in [0.5, 0.6) is 5.75 Å². The van der Waals surface area contributed by atoms with Crippen LogP contribution in [0.1, 0.15) is 18.1 Å². The van der Waals surface area contributed by atoms with Gasteiger partial charge in [-0.2, -0.15) is 0 Å². The average Bonchev–Trinajstić information content (AvgIpc) is 2.10. The van der Waals surface area contributed by atoms with Gasteiger partial charge in [0.15, 0.2) is 0 Å². The fourth-order valence-electron chi connectivity index (χ4n) is 1.44. The van der Waals surface area contributed by atoms with Crippen molar-refractivity contribution in [2.24, 2.45) is 0 Å². The molecule has 0 aromatic heterocycles. The molecule has 1 rings (SSSR count). The molecule has 0 heterocycles. The molecule has 15 heavy (non-hydrogen) atoms. The molecule has 0 saturated heterocycles. The lowest BCUT2D eigenvalue weighted by molar-refractivity contribution is -0.131. The van der Waals surface area contributed by atoms with E-state index in [-0.39, 0.29) is 5.97 Å². The van der Waals surface area contributed by atoms with E-state index < -0.39 is 0 Å². The minimum atomic E-state index is -0.278. The van der Waals surface area contributed by atoms with E-state index in [1.54, 1.807) is 0 Å². The summed E-state index contributed by atoms with van der Waals surface area (Å²) in [5.74, 6) is 0.377. The van der Waals surface area contributed by atoms with E-state index in [9.17, 15) is 4.79 Å². The van der Waals surface area contributed by atoms with Gasteiger partial charge < -0.3 is 9.64 Å².